The van der Waals surface area contributed by atoms with E-state index in [1.165, 1.54) is 51.4 Å². The Hall–Kier alpha value is 0.750. The van der Waals surface area contributed by atoms with Crippen LogP contribution in [0, 0.1) is 0 Å². The van der Waals surface area contributed by atoms with Crippen LogP contribution in [0.1, 0.15) is 71.1 Å². The molecule has 0 atom stereocenters. The van der Waals surface area contributed by atoms with E-state index in [4.69, 9.17) is 4.89 Å². The van der Waals surface area contributed by atoms with Gasteiger partial charge in [-0.15, -0.1) is 0 Å². The van der Waals surface area contributed by atoms with Crippen molar-refractivity contribution in [1.82, 2.24) is 0 Å². The first-order chi connectivity index (χ1) is 10.6. The van der Waals surface area contributed by atoms with Gasteiger partial charge >= 0.3 is 29.6 Å². The van der Waals surface area contributed by atoms with Gasteiger partial charge in [0.25, 0.3) is 0 Å². The minimum Gasteiger partial charge on any atom is -0.726 e. The van der Waals surface area contributed by atoms with Crippen molar-refractivity contribution in [2.75, 3.05) is 19.8 Å². The van der Waals surface area contributed by atoms with E-state index in [-0.39, 0.29) is 36.2 Å². The molecule has 0 bridgehead atoms. The van der Waals surface area contributed by atoms with Crippen molar-refractivity contribution in [3.8, 4) is 0 Å². The standard InChI is InChI=1S/C14H30O7S.Na/c1-2-3-4-5-6-7-8-9-10-11-12-18-21-19-13-14-20-22(15,16)17;/h2-14H2,1H3,(H,15,16,17);/q;+1/p-1. The monoisotopic (exact) mass is 364 g/mol. The van der Waals surface area contributed by atoms with Gasteiger partial charge in [-0.05, 0) is 6.42 Å². The van der Waals surface area contributed by atoms with E-state index in [2.05, 4.69) is 21.0 Å². The molecule has 0 heterocycles. The third kappa shape index (κ3) is 25.1. The predicted molar refractivity (Wildman–Crippen MR) is 80.5 cm³/mol. The fourth-order valence-corrected chi connectivity index (χ4v) is 2.19. The predicted octanol–water partition coefficient (Wildman–Crippen LogP) is 0.268. The molecule has 0 aliphatic carbocycles. The minimum atomic E-state index is -4.67. The van der Waals surface area contributed by atoms with Gasteiger partial charge in [-0.1, -0.05) is 69.7 Å². The summed E-state index contributed by atoms with van der Waals surface area (Å²) in [4.78, 5) is 9.20. The van der Waals surface area contributed by atoms with Crippen LogP contribution >= 0.6 is 0 Å². The smallest absolute Gasteiger partial charge is 0.726 e. The van der Waals surface area contributed by atoms with Gasteiger partial charge in [0.05, 0.1) is 13.2 Å². The molecule has 7 nitrogen and oxygen atoms in total. The van der Waals surface area contributed by atoms with Gasteiger partial charge < -0.3 is 4.55 Å². The zero-order chi connectivity index (χ0) is 16.5. The van der Waals surface area contributed by atoms with Gasteiger partial charge in [0.15, 0.2) is 0 Å². The van der Waals surface area contributed by atoms with E-state index in [1.54, 1.807) is 0 Å². The quantitative estimate of drug-likeness (QED) is 0.0913. The van der Waals surface area contributed by atoms with E-state index in [0.29, 0.717) is 6.61 Å². The molecule has 0 rings (SSSR count). The van der Waals surface area contributed by atoms with E-state index >= 15 is 0 Å². The Morgan fingerprint density at radius 2 is 1.22 bits per heavy atom. The molecule has 0 saturated carbocycles. The van der Waals surface area contributed by atoms with Gasteiger partial charge in [-0.3, -0.25) is 4.18 Å². The first-order valence-electron chi connectivity index (χ1n) is 8.07. The van der Waals surface area contributed by atoms with Gasteiger partial charge in [-0.2, -0.15) is 0 Å². The molecule has 0 aliphatic rings. The number of rotatable bonds is 17. The van der Waals surface area contributed by atoms with Gasteiger partial charge in [-0.25, -0.2) is 18.2 Å². The summed E-state index contributed by atoms with van der Waals surface area (Å²) in [7, 11) is -4.67. The van der Waals surface area contributed by atoms with Crippen LogP contribution in [-0.4, -0.2) is 32.8 Å². The second kappa shape index (κ2) is 19.1. The van der Waals surface area contributed by atoms with E-state index < -0.39 is 17.0 Å². The maximum Gasteiger partial charge on any atom is 1.00 e. The first-order valence-corrected chi connectivity index (χ1v) is 9.41. The Labute approximate surface area is 162 Å². The molecule has 23 heavy (non-hydrogen) atoms. The molecule has 0 N–H and O–H groups in total. The first kappa shape index (κ1) is 26.0. The van der Waals surface area contributed by atoms with Crippen LogP contribution in [0.3, 0.4) is 0 Å². The molecule has 0 aliphatic heterocycles. The van der Waals surface area contributed by atoms with E-state index in [0.717, 1.165) is 12.8 Å². The van der Waals surface area contributed by atoms with Crippen molar-refractivity contribution in [2.45, 2.75) is 71.1 Å². The summed E-state index contributed by atoms with van der Waals surface area (Å²) in [6, 6.07) is 0. The molecule has 0 radical (unpaired) electrons. The SMILES string of the molecule is CCCCCCCCCCCCOOOCCOS(=O)(=O)[O-].[Na+]. The average molecular weight is 364 g/mol. The molecule has 0 aromatic heterocycles. The molecule has 0 amide bonds. The second-order valence-corrected chi connectivity index (χ2v) is 6.18. The van der Waals surface area contributed by atoms with Gasteiger partial charge in [0, 0.05) is 0 Å². The van der Waals surface area contributed by atoms with Crippen LogP contribution in [0.5, 0.6) is 0 Å². The van der Waals surface area contributed by atoms with Crippen molar-refractivity contribution >= 4 is 10.4 Å². The van der Waals surface area contributed by atoms with Crippen LogP contribution in [-0.2, 0) is 29.4 Å². The molecule has 0 aromatic carbocycles. The van der Waals surface area contributed by atoms with Gasteiger partial charge in [0.2, 0.25) is 10.4 Å². The zero-order valence-electron chi connectivity index (χ0n) is 14.5. The van der Waals surface area contributed by atoms with Crippen LogP contribution in [0.25, 0.3) is 0 Å². The summed E-state index contributed by atoms with van der Waals surface area (Å²) in [5.74, 6) is 0. The maximum absolute atomic E-state index is 10.1. The fraction of sp³-hybridized carbons (Fsp3) is 1.00. The molecule has 0 aromatic rings. The van der Waals surface area contributed by atoms with E-state index in [9.17, 15) is 13.0 Å². The number of unbranched alkanes of at least 4 members (excludes halogenated alkanes) is 9. The van der Waals surface area contributed by atoms with Crippen molar-refractivity contribution < 1.29 is 61.5 Å². The summed E-state index contributed by atoms with van der Waals surface area (Å²) in [6.45, 7) is 2.05. The topological polar surface area (TPSA) is 94.1 Å². The van der Waals surface area contributed by atoms with Gasteiger partial charge in [0.1, 0.15) is 6.61 Å². The zero-order valence-corrected chi connectivity index (χ0v) is 17.3. The van der Waals surface area contributed by atoms with Crippen molar-refractivity contribution in [3.05, 3.63) is 0 Å². The summed E-state index contributed by atoms with van der Waals surface area (Å²) in [6.07, 6.45) is 12.4. The van der Waals surface area contributed by atoms with Crippen LogP contribution < -0.4 is 29.6 Å². The van der Waals surface area contributed by atoms with Crippen molar-refractivity contribution in [3.63, 3.8) is 0 Å². The molecular weight excluding hydrogens is 335 g/mol. The summed E-state index contributed by atoms with van der Waals surface area (Å²) >= 11 is 0. The number of hydrogen-bond acceptors (Lipinski definition) is 7. The Morgan fingerprint density at radius 1 is 0.739 bits per heavy atom. The third-order valence-corrected chi connectivity index (χ3v) is 3.53. The summed E-state index contributed by atoms with van der Waals surface area (Å²) in [5.41, 5.74) is 0. The molecule has 0 fully saturated rings. The van der Waals surface area contributed by atoms with E-state index in [1.807, 2.05) is 0 Å². The molecule has 0 unspecified atom stereocenters. The Balaban J connectivity index is 0. The Bertz CT molecular complexity index is 325. The largest absolute Gasteiger partial charge is 1.00 e. The number of hydrogen-bond donors (Lipinski definition) is 0. The van der Waals surface area contributed by atoms with Crippen LogP contribution in [0.2, 0.25) is 0 Å². The van der Waals surface area contributed by atoms with Crippen molar-refractivity contribution in [2.24, 2.45) is 0 Å². The summed E-state index contributed by atoms with van der Waals surface area (Å²) in [5, 5.41) is 4.35. The normalized spacial score (nSPS) is 11.4. The van der Waals surface area contributed by atoms with Crippen molar-refractivity contribution in [1.29, 1.82) is 0 Å². The molecule has 0 saturated heterocycles. The van der Waals surface area contributed by atoms with Crippen LogP contribution in [0.4, 0.5) is 0 Å². The third-order valence-electron chi connectivity index (χ3n) is 3.07. The second-order valence-electron chi connectivity index (χ2n) is 5.12. The molecule has 134 valence electrons. The molecule has 0 spiro atoms. The maximum atomic E-state index is 10.1. The average Bonchev–Trinajstić information content (AvgIpc) is 2.45. The van der Waals surface area contributed by atoms with Crippen LogP contribution in [0.15, 0.2) is 0 Å². The Kier molecular flexibility index (Phi) is 21.6. The Morgan fingerprint density at radius 3 is 1.74 bits per heavy atom. The molecule has 9 heteroatoms. The minimum absolute atomic E-state index is 0. The molecular formula is C14H29NaO7S. The summed E-state index contributed by atoms with van der Waals surface area (Å²) < 4.78 is 34.1. The fourth-order valence-electron chi connectivity index (χ4n) is 1.92.